The summed E-state index contributed by atoms with van der Waals surface area (Å²) >= 11 is 13.3. The number of rotatable bonds is 4. The molecule has 3 heterocycles. The molecule has 1 atom stereocenters. The van der Waals surface area contributed by atoms with Gasteiger partial charge in [0, 0.05) is 27.5 Å². The minimum absolute atomic E-state index is 0.265. The number of halogens is 2. The van der Waals surface area contributed by atoms with Crippen LogP contribution in [0.25, 0.3) is 11.5 Å². The van der Waals surface area contributed by atoms with Gasteiger partial charge in [0.05, 0.1) is 6.26 Å². The summed E-state index contributed by atoms with van der Waals surface area (Å²) in [7, 11) is 0. The number of anilines is 1. The molecule has 6 nitrogen and oxygen atoms in total. The summed E-state index contributed by atoms with van der Waals surface area (Å²) in [6, 6.07) is 7.68. The monoisotopic (exact) mass is 435 g/mol. The van der Waals surface area contributed by atoms with Crippen molar-refractivity contribution in [2.75, 3.05) is 11.9 Å². The number of furan rings is 1. The summed E-state index contributed by atoms with van der Waals surface area (Å²) < 4.78 is 5.31. The molecule has 0 saturated carbocycles. The number of nitrogens with one attached hydrogen (secondary N) is 1. The second-order valence-corrected chi connectivity index (χ2v) is 8.05. The number of hydrogen-bond donors (Lipinski definition) is 1. The van der Waals surface area contributed by atoms with Gasteiger partial charge >= 0.3 is 0 Å². The van der Waals surface area contributed by atoms with Crippen molar-refractivity contribution in [3.05, 3.63) is 57.6 Å². The van der Waals surface area contributed by atoms with Gasteiger partial charge in [-0.1, -0.05) is 23.2 Å². The fourth-order valence-electron chi connectivity index (χ4n) is 3.18. The van der Waals surface area contributed by atoms with E-state index in [0.29, 0.717) is 45.2 Å². The molecule has 0 radical (unpaired) electrons. The van der Waals surface area contributed by atoms with E-state index in [1.165, 1.54) is 11.3 Å². The summed E-state index contributed by atoms with van der Waals surface area (Å²) in [5.74, 6) is 0.101. The van der Waals surface area contributed by atoms with E-state index in [2.05, 4.69) is 10.3 Å². The first-order valence-corrected chi connectivity index (χ1v) is 10.2. The minimum Gasteiger partial charge on any atom is -0.463 e. The Morgan fingerprint density at radius 2 is 2.04 bits per heavy atom. The van der Waals surface area contributed by atoms with E-state index >= 15 is 0 Å². The van der Waals surface area contributed by atoms with E-state index in [4.69, 9.17) is 27.6 Å². The van der Waals surface area contributed by atoms with Crippen molar-refractivity contribution in [3.63, 3.8) is 0 Å². The first-order valence-electron chi connectivity index (χ1n) is 8.58. The average Bonchev–Trinajstić information content (AvgIpc) is 3.40. The first-order chi connectivity index (χ1) is 13.5. The molecule has 28 heavy (non-hydrogen) atoms. The van der Waals surface area contributed by atoms with E-state index in [-0.39, 0.29) is 11.8 Å². The zero-order valence-electron chi connectivity index (χ0n) is 14.5. The lowest BCUT2D eigenvalue weighted by Crippen LogP contribution is -2.43. The third kappa shape index (κ3) is 3.92. The molecule has 1 fully saturated rings. The fraction of sp³-hybridized carbons (Fsp3) is 0.211. The van der Waals surface area contributed by atoms with Crippen molar-refractivity contribution in [2.45, 2.75) is 18.9 Å². The number of thiazole rings is 1. The molecule has 1 aliphatic heterocycles. The van der Waals surface area contributed by atoms with Crippen molar-refractivity contribution >= 4 is 51.5 Å². The van der Waals surface area contributed by atoms with Crippen LogP contribution in [0, 0.1) is 0 Å². The van der Waals surface area contributed by atoms with Gasteiger partial charge in [0.2, 0.25) is 5.91 Å². The number of aromatic nitrogens is 1. The topological polar surface area (TPSA) is 75.4 Å². The van der Waals surface area contributed by atoms with E-state index in [1.807, 2.05) is 0 Å². The fourth-order valence-corrected chi connectivity index (χ4v) is 4.41. The molecule has 1 unspecified atom stereocenters. The van der Waals surface area contributed by atoms with E-state index in [1.54, 1.807) is 46.9 Å². The third-order valence-corrected chi connectivity index (χ3v) is 5.63. The average molecular weight is 436 g/mol. The number of carbonyl (C=O) groups excluding carboxylic acids is 2. The largest absolute Gasteiger partial charge is 0.463 e. The van der Waals surface area contributed by atoms with Gasteiger partial charge in [0.25, 0.3) is 5.91 Å². The van der Waals surface area contributed by atoms with Crippen LogP contribution in [0.5, 0.6) is 0 Å². The van der Waals surface area contributed by atoms with Crippen molar-refractivity contribution in [1.29, 1.82) is 0 Å². The Labute approximate surface area is 175 Å². The second-order valence-electron chi connectivity index (χ2n) is 6.32. The molecule has 0 aliphatic carbocycles. The normalized spacial score (nSPS) is 16.4. The predicted octanol–water partition coefficient (Wildman–Crippen LogP) is 4.95. The highest BCUT2D eigenvalue weighted by Crippen LogP contribution is 2.28. The SMILES string of the molecule is O=C(Nc1nc(-c2ccco2)cs1)C1CCCN1C(=O)c1cc(Cl)cc(Cl)c1. The second kappa shape index (κ2) is 7.95. The highest BCUT2D eigenvalue weighted by molar-refractivity contribution is 7.14. The Kier molecular flexibility index (Phi) is 5.39. The van der Waals surface area contributed by atoms with Gasteiger partial charge in [0.1, 0.15) is 11.7 Å². The number of nitrogens with zero attached hydrogens (tertiary/aromatic N) is 2. The minimum atomic E-state index is -0.568. The lowest BCUT2D eigenvalue weighted by atomic mass is 10.1. The number of hydrogen-bond acceptors (Lipinski definition) is 5. The van der Waals surface area contributed by atoms with Crippen molar-refractivity contribution < 1.29 is 14.0 Å². The first kappa shape index (κ1) is 19.0. The maximum absolute atomic E-state index is 12.9. The molecule has 2 aromatic heterocycles. The van der Waals surface area contributed by atoms with Crippen LogP contribution in [0.2, 0.25) is 10.0 Å². The third-order valence-electron chi connectivity index (χ3n) is 4.43. The smallest absolute Gasteiger partial charge is 0.254 e. The predicted molar refractivity (Wildman–Crippen MR) is 109 cm³/mol. The van der Waals surface area contributed by atoms with Gasteiger partial charge in [-0.05, 0) is 43.2 Å². The van der Waals surface area contributed by atoms with Crippen molar-refractivity contribution in [1.82, 2.24) is 9.88 Å². The van der Waals surface area contributed by atoms with Crippen LogP contribution < -0.4 is 5.32 Å². The van der Waals surface area contributed by atoms with E-state index in [0.717, 1.165) is 6.42 Å². The highest BCUT2D eigenvalue weighted by atomic mass is 35.5. The van der Waals surface area contributed by atoms with Crippen LogP contribution in [0.1, 0.15) is 23.2 Å². The van der Waals surface area contributed by atoms with Gasteiger partial charge in [-0.15, -0.1) is 11.3 Å². The zero-order chi connectivity index (χ0) is 19.7. The van der Waals surface area contributed by atoms with Gasteiger partial charge in [-0.3, -0.25) is 9.59 Å². The molecule has 0 bridgehead atoms. The standard InChI is InChI=1S/C19H15Cl2N3O3S/c20-12-7-11(8-13(21)9-12)18(26)24-5-1-3-15(24)17(25)23-19-22-14(10-28-19)16-4-2-6-27-16/h2,4,6-10,15H,1,3,5H2,(H,22,23,25). The number of amides is 2. The molecule has 0 spiro atoms. The van der Waals surface area contributed by atoms with Gasteiger partial charge in [-0.2, -0.15) is 0 Å². The molecule has 3 aromatic rings. The van der Waals surface area contributed by atoms with Crippen LogP contribution in [0.15, 0.2) is 46.4 Å². The van der Waals surface area contributed by atoms with Crippen LogP contribution in [0.3, 0.4) is 0 Å². The van der Waals surface area contributed by atoms with Crippen LogP contribution in [-0.2, 0) is 4.79 Å². The molecule has 4 rings (SSSR count). The van der Waals surface area contributed by atoms with Gasteiger partial charge < -0.3 is 14.6 Å². The molecule has 144 valence electrons. The Morgan fingerprint density at radius 3 is 2.75 bits per heavy atom. The molecule has 9 heteroatoms. The Balaban J connectivity index is 1.48. The van der Waals surface area contributed by atoms with Crippen LogP contribution >= 0.6 is 34.5 Å². The summed E-state index contributed by atoms with van der Waals surface area (Å²) in [6.45, 7) is 0.497. The lowest BCUT2D eigenvalue weighted by Gasteiger charge is -2.23. The summed E-state index contributed by atoms with van der Waals surface area (Å²) in [5, 5.41) is 5.83. The molecular weight excluding hydrogens is 421 g/mol. The maximum Gasteiger partial charge on any atom is 0.254 e. The summed E-state index contributed by atoms with van der Waals surface area (Å²) in [6.07, 6.45) is 2.90. The Morgan fingerprint density at radius 1 is 1.25 bits per heavy atom. The summed E-state index contributed by atoms with van der Waals surface area (Å²) in [4.78, 5) is 31.6. The maximum atomic E-state index is 12.9. The van der Waals surface area contributed by atoms with Gasteiger partial charge in [0.15, 0.2) is 10.9 Å². The summed E-state index contributed by atoms with van der Waals surface area (Å²) in [5.41, 5.74) is 1.02. The van der Waals surface area contributed by atoms with E-state index in [9.17, 15) is 9.59 Å². The number of likely N-dealkylation sites (tertiary alicyclic amines) is 1. The lowest BCUT2D eigenvalue weighted by molar-refractivity contribution is -0.119. The molecule has 1 aromatic carbocycles. The number of carbonyl (C=O) groups is 2. The molecule has 1 saturated heterocycles. The Bertz CT molecular complexity index is 999. The number of benzene rings is 1. The molecule has 2 amide bonds. The highest BCUT2D eigenvalue weighted by Gasteiger charge is 2.35. The molecule has 1 aliphatic rings. The van der Waals surface area contributed by atoms with Crippen LogP contribution in [0.4, 0.5) is 5.13 Å². The molecule has 1 N–H and O–H groups in total. The van der Waals surface area contributed by atoms with E-state index < -0.39 is 6.04 Å². The van der Waals surface area contributed by atoms with Gasteiger partial charge in [-0.25, -0.2) is 4.98 Å². The quantitative estimate of drug-likeness (QED) is 0.628. The van der Waals surface area contributed by atoms with Crippen LogP contribution in [-0.4, -0.2) is 34.3 Å². The van der Waals surface area contributed by atoms with Crippen molar-refractivity contribution in [3.8, 4) is 11.5 Å². The zero-order valence-corrected chi connectivity index (χ0v) is 16.9. The molecular formula is C19H15Cl2N3O3S. The van der Waals surface area contributed by atoms with Crippen molar-refractivity contribution in [2.24, 2.45) is 0 Å². The Hall–Kier alpha value is -2.35.